The number of sulfonamides is 1. The van der Waals surface area contributed by atoms with Gasteiger partial charge in [0.2, 0.25) is 10.0 Å². The molecule has 1 unspecified atom stereocenters. The molecule has 0 aromatic rings. The minimum Gasteiger partial charge on any atom is -0.454 e. The quantitative estimate of drug-likeness (QED) is 0.607. The van der Waals surface area contributed by atoms with Crippen LogP contribution in [0.15, 0.2) is 0 Å². The van der Waals surface area contributed by atoms with E-state index in [-0.39, 0.29) is 18.3 Å². The average Bonchev–Trinajstić information content (AvgIpc) is 2.96. The molecule has 0 aliphatic carbocycles. The molecule has 0 bridgehead atoms. The fraction of sp³-hybridized carbons (Fsp3) is 0.857. The van der Waals surface area contributed by atoms with Crippen molar-refractivity contribution >= 4 is 21.9 Å². The Balaban J connectivity index is 2.63. The molecule has 22 heavy (non-hydrogen) atoms. The third kappa shape index (κ3) is 4.67. The molecule has 0 spiro atoms. The summed E-state index contributed by atoms with van der Waals surface area (Å²) in [7, 11) is -3.43. The van der Waals surface area contributed by atoms with Gasteiger partial charge < -0.3 is 9.64 Å². The Hall–Kier alpha value is -1.15. The Morgan fingerprint density at radius 3 is 2.41 bits per heavy atom. The average molecular weight is 334 g/mol. The van der Waals surface area contributed by atoms with E-state index in [0.717, 1.165) is 0 Å². The highest BCUT2D eigenvalue weighted by molar-refractivity contribution is 7.89. The largest absolute Gasteiger partial charge is 0.454 e. The maximum Gasteiger partial charge on any atom is 0.324 e. The van der Waals surface area contributed by atoms with E-state index in [1.54, 1.807) is 11.8 Å². The van der Waals surface area contributed by atoms with Crippen LogP contribution in [0.5, 0.6) is 0 Å². The lowest BCUT2D eigenvalue weighted by Gasteiger charge is -2.23. The molecule has 0 N–H and O–H groups in total. The van der Waals surface area contributed by atoms with Crippen molar-refractivity contribution in [1.29, 1.82) is 0 Å². The molecule has 1 rings (SSSR count). The molecule has 0 saturated carbocycles. The molecule has 1 amide bonds. The van der Waals surface area contributed by atoms with Crippen LogP contribution in [0.1, 0.15) is 40.0 Å². The molecule has 1 aliphatic heterocycles. The van der Waals surface area contributed by atoms with E-state index in [2.05, 4.69) is 0 Å². The van der Waals surface area contributed by atoms with E-state index in [1.807, 2.05) is 13.8 Å². The fourth-order valence-corrected chi connectivity index (χ4v) is 4.32. The Labute approximate surface area is 132 Å². The molecule has 8 heteroatoms. The van der Waals surface area contributed by atoms with Crippen LogP contribution in [-0.2, 0) is 24.3 Å². The van der Waals surface area contributed by atoms with Crippen LogP contribution >= 0.6 is 0 Å². The van der Waals surface area contributed by atoms with Gasteiger partial charge >= 0.3 is 5.97 Å². The van der Waals surface area contributed by atoms with Gasteiger partial charge in [-0.25, -0.2) is 8.42 Å². The summed E-state index contributed by atoms with van der Waals surface area (Å²) >= 11 is 0. The van der Waals surface area contributed by atoms with E-state index in [9.17, 15) is 18.0 Å². The Morgan fingerprint density at radius 2 is 1.86 bits per heavy atom. The van der Waals surface area contributed by atoms with Crippen molar-refractivity contribution < 1.29 is 22.7 Å². The van der Waals surface area contributed by atoms with Crippen LogP contribution in [0.3, 0.4) is 0 Å². The first kappa shape index (κ1) is 18.9. The normalized spacial score (nSPS) is 19.1. The van der Waals surface area contributed by atoms with Crippen LogP contribution in [0.2, 0.25) is 0 Å². The Kier molecular flexibility index (Phi) is 7.28. The second-order valence-electron chi connectivity index (χ2n) is 5.26. The molecule has 128 valence electrons. The maximum atomic E-state index is 12.1. The van der Waals surface area contributed by atoms with Crippen LogP contribution in [0.25, 0.3) is 0 Å². The smallest absolute Gasteiger partial charge is 0.324 e. The van der Waals surface area contributed by atoms with Gasteiger partial charge in [0.1, 0.15) is 6.04 Å². The predicted molar refractivity (Wildman–Crippen MR) is 82.7 cm³/mol. The molecule has 0 radical (unpaired) electrons. The van der Waals surface area contributed by atoms with Crippen molar-refractivity contribution in [2.75, 3.05) is 32.0 Å². The molecule has 7 nitrogen and oxygen atoms in total. The number of carbonyl (C=O) groups excluding carboxylic acids is 2. The lowest BCUT2D eigenvalue weighted by molar-refractivity contribution is -0.154. The minimum atomic E-state index is -3.43. The number of rotatable bonds is 8. The summed E-state index contributed by atoms with van der Waals surface area (Å²) in [5.41, 5.74) is 0. The van der Waals surface area contributed by atoms with Gasteiger partial charge in [-0.3, -0.25) is 9.59 Å². The predicted octanol–water partition coefficient (Wildman–Crippen LogP) is 0.602. The van der Waals surface area contributed by atoms with Crippen LogP contribution in [-0.4, -0.2) is 67.5 Å². The van der Waals surface area contributed by atoms with Gasteiger partial charge in [0.25, 0.3) is 5.91 Å². The van der Waals surface area contributed by atoms with Crippen molar-refractivity contribution in [3.05, 3.63) is 0 Å². The van der Waals surface area contributed by atoms with E-state index < -0.39 is 22.0 Å². The summed E-state index contributed by atoms with van der Waals surface area (Å²) in [6.45, 7) is 6.58. The highest BCUT2D eigenvalue weighted by Gasteiger charge is 2.39. The van der Waals surface area contributed by atoms with Gasteiger partial charge in [0.05, 0.1) is 5.75 Å². The third-order valence-electron chi connectivity index (χ3n) is 3.75. The zero-order valence-corrected chi connectivity index (χ0v) is 14.4. The van der Waals surface area contributed by atoms with Gasteiger partial charge in [-0.05, 0) is 33.1 Å². The van der Waals surface area contributed by atoms with E-state index in [1.165, 1.54) is 4.31 Å². The highest BCUT2D eigenvalue weighted by atomic mass is 32.2. The minimum absolute atomic E-state index is 0.0230. The third-order valence-corrected chi connectivity index (χ3v) is 5.82. The number of likely N-dealkylation sites (N-methyl/N-ethyl adjacent to an activating group) is 1. The number of esters is 1. The van der Waals surface area contributed by atoms with E-state index in [4.69, 9.17) is 4.74 Å². The second kappa shape index (κ2) is 8.47. The molecule has 1 atom stereocenters. The molecule has 1 fully saturated rings. The van der Waals surface area contributed by atoms with Crippen LogP contribution < -0.4 is 0 Å². The van der Waals surface area contributed by atoms with Crippen molar-refractivity contribution in [3.63, 3.8) is 0 Å². The molecular weight excluding hydrogens is 308 g/mol. The van der Waals surface area contributed by atoms with E-state index >= 15 is 0 Å². The maximum absolute atomic E-state index is 12.1. The van der Waals surface area contributed by atoms with Gasteiger partial charge in [0.15, 0.2) is 6.61 Å². The van der Waals surface area contributed by atoms with Gasteiger partial charge in [-0.15, -0.1) is 0 Å². The summed E-state index contributed by atoms with van der Waals surface area (Å²) in [5, 5.41) is 0. The number of hydrogen-bond donors (Lipinski definition) is 0. The standard InChI is InChI=1S/C14H26N2O5S/c1-4-10-22(19,20)16-9-7-8-12(16)14(18)21-11-13(17)15(5-2)6-3/h12H,4-11H2,1-3H3. The Morgan fingerprint density at radius 1 is 1.23 bits per heavy atom. The molecule has 1 heterocycles. The molecule has 0 aromatic carbocycles. The number of ether oxygens (including phenoxy) is 1. The summed E-state index contributed by atoms with van der Waals surface area (Å²) in [5.74, 6) is -0.869. The lowest BCUT2D eigenvalue weighted by Crippen LogP contribution is -2.43. The van der Waals surface area contributed by atoms with Gasteiger partial charge in [-0.2, -0.15) is 4.31 Å². The Bertz CT molecular complexity index is 487. The first-order valence-corrected chi connectivity index (χ1v) is 9.42. The zero-order chi connectivity index (χ0) is 16.8. The summed E-state index contributed by atoms with van der Waals surface area (Å²) < 4.78 is 30.5. The molecule has 1 saturated heterocycles. The SMILES string of the molecule is CCCS(=O)(=O)N1CCCC1C(=O)OCC(=O)N(CC)CC. The van der Waals surface area contributed by atoms with Crippen LogP contribution in [0.4, 0.5) is 0 Å². The van der Waals surface area contributed by atoms with Gasteiger partial charge in [0, 0.05) is 19.6 Å². The number of nitrogens with zero attached hydrogens (tertiary/aromatic N) is 2. The monoisotopic (exact) mass is 334 g/mol. The topological polar surface area (TPSA) is 84.0 Å². The number of amides is 1. The highest BCUT2D eigenvalue weighted by Crippen LogP contribution is 2.22. The molecular formula is C14H26N2O5S. The summed E-state index contributed by atoms with van der Waals surface area (Å²) in [6, 6.07) is -0.791. The van der Waals surface area contributed by atoms with Crippen LogP contribution in [0, 0.1) is 0 Å². The first-order valence-electron chi connectivity index (χ1n) is 7.81. The number of carbonyl (C=O) groups is 2. The zero-order valence-electron chi connectivity index (χ0n) is 13.6. The summed E-state index contributed by atoms with van der Waals surface area (Å²) in [4.78, 5) is 25.5. The van der Waals surface area contributed by atoms with E-state index in [0.29, 0.717) is 38.9 Å². The second-order valence-corrected chi connectivity index (χ2v) is 7.30. The van der Waals surface area contributed by atoms with Crippen molar-refractivity contribution in [3.8, 4) is 0 Å². The fourth-order valence-electron chi connectivity index (χ4n) is 2.58. The van der Waals surface area contributed by atoms with Crippen molar-refractivity contribution in [1.82, 2.24) is 9.21 Å². The summed E-state index contributed by atoms with van der Waals surface area (Å²) in [6.07, 6.45) is 1.58. The first-order chi connectivity index (χ1) is 10.4. The molecule has 1 aliphatic rings. The van der Waals surface area contributed by atoms with Gasteiger partial charge in [-0.1, -0.05) is 6.92 Å². The number of hydrogen-bond acceptors (Lipinski definition) is 5. The lowest BCUT2D eigenvalue weighted by atomic mass is 10.2. The van der Waals surface area contributed by atoms with Crippen molar-refractivity contribution in [2.45, 2.75) is 46.1 Å². The van der Waals surface area contributed by atoms with Crippen molar-refractivity contribution in [2.24, 2.45) is 0 Å². The molecule has 0 aromatic heterocycles.